The van der Waals surface area contributed by atoms with E-state index in [2.05, 4.69) is 0 Å². The molecule has 2 N–H and O–H groups in total. The summed E-state index contributed by atoms with van der Waals surface area (Å²) in [6.07, 6.45) is 1.13. The number of carbonyl (C=O) groups is 1. The van der Waals surface area contributed by atoms with Crippen LogP contribution in [-0.4, -0.2) is 102 Å². The zero-order valence-electron chi connectivity index (χ0n) is 16.2. The summed E-state index contributed by atoms with van der Waals surface area (Å²) in [5.74, 6) is -0.0827. The van der Waals surface area contributed by atoms with Crippen LogP contribution < -0.4 is 0 Å². The topological polar surface area (TPSA) is 101 Å². The van der Waals surface area contributed by atoms with Gasteiger partial charge in [-0.05, 0) is 12.0 Å². The van der Waals surface area contributed by atoms with Crippen LogP contribution in [0.4, 0.5) is 0 Å². The maximum absolute atomic E-state index is 12.5. The summed E-state index contributed by atoms with van der Waals surface area (Å²) in [6.45, 7) is 2.14. The largest absolute Gasteiger partial charge is 0.388 e. The van der Waals surface area contributed by atoms with Crippen LogP contribution in [0.1, 0.15) is 12.0 Å². The highest BCUT2D eigenvalue weighted by Gasteiger charge is 2.47. The first-order valence-electron chi connectivity index (χ1n) is 9.57. The third kappa shape index (κ3) is 5.09. The van der Waals surface area contributed by atoms with E-state index in [-0.39, 0.29) is 25.5 Å². The van der Waals surface area contributed by atoms with Crippen LogP contribution >= 0.6 is 0 Å². The summed E-state index contributed by atoms with van der Waals surface area (Å²) < 4.78 is 24.6. The monoisotopic (exact) mass is 411 g/mol. The van der Waals surface area contributed by atoms with Gasteiger partial charge in [-0.2, -0.15) is 4.31 Å². The molecule has 0 aromatic heterocycles. The number of hydrogen-bond donors (Lipinski definition) is 2. The molecule has 1 aromatic carbocycles. The Labute approximate surface area is 166 Å². The Morgan fingerprint density at radius 1 is 1.18 bits per heavy atom. The molecular weight excluding hydrogens is 382 g/mol. The molecule has 28 heavy (non-hydrogen) atoms. The maximum atomic E-state index is 12.5. The number of carbonyl (C=O) groups excluding carboxylic acids is 1. The number of piperazine rings is 1. The molecule has 0 unspecified atom stereocenters. The van der Waals surface area contributed by atoms with Crippen LogP contribution in [0.15, 0.2) is 30.3 Å². The van der Waals surface area contributed by atoms with Crippen LogP contribution in [0.5, 0.6) is 0 Å². The van der Waals surface area contributed by atoms with E-state index in [0.29, 0.717) is 39.0 Å². The van der Waals surface area contributed by atoms with E-state index in [4.69, 9.17) is 0 Å². The lowest BCUT2D eigenvalue weighted by atomic mass is 9.99. The Balaban J connectivity index is 1.51. The predicted octanol–water partition coefficient (Wildman–Crippen LogP) is -0.869. The fraction of sp³-hybridized carbons (Fsp3) is 0.632. The number of sulfonamides is 1. The molecular formula is C19H29N3O5S. The Hall–Kier alpha value is -1.52. The first-order chi connectivity index (χ1) is 13.2. The van der Waals surface area contributed by atoms with Crippen molar-refractivity contribution >= 4 is 15.9 Å². The van der Waals surface area contributed by atoms with E-state index in [1.807, 2.05) is 35.2 Å². The number of aryl methyl sites for hydroxylation is 1. The molecule has 1 aromatic rings. The molecule has 0 saturated carbocycles. The van der Waals surface area contributed by atoms with Crippen LogP contribution in [-0.2, 0) is 21.2 Å². The molecule has 0 aliphatic carbocycles. The number of β-amino-alcohol motifs (C(OH)–C–C–N with tert-alkyl or cyclic N) is 2. The second-order valence-electron chi connectivity index (χ2n) is 7.82. The van der Waals surface area contributed by atoms with E-state index < -0.39 is 21.7 Å². The first kappa shape index (κ1) is 21.2. The van der Waals surface area contributed by atoms with Crippen molar-refractivity contribution in [3.63, 3.8) is 0 Å². The Bertz CT molecular complexity index is 780. The van der Waals surface area contributed by atoms with E-state index in [9.17, 15) is 23.4 Å². The fourth-order valence-electron chi connectivity index (χ4n) is 3.89. The molecule has 2 saturated heterocycles. The normalized spacial score (nSPS) is 27.2. The molecule has 2 atom stereocenters. The van der Waals surface area contributed by atoms with Crippen molar-refractivity contribution in [2.24, 2.45) is 0 Å². The molecule has 2 heterocycles. The number of benzene rings is 1. The standard InChI is InChI=1S/C19H29N3O5S/c1-28(26,27)22-11-9-20(10-12-22)14-19(25)15-21(13-17(19)23)18(24)8-7-16-5-3-2-4-6-16/h2-6,17,23,25H,7-15H2,1H3/t17-,19+/m1/s1. The lowest BCUT2D eigenvalue weighted by Crippen LogP contribution is -2.56. The molecule has 0 radical (unpaired) electrons. The van der Waals surface area contributed by atoms with Gasteiger partial charge in [0.1, 0.15) is 11.7 Å². The number of likely N-dealkylation sites (tertiary alicyclic amines) is 1. The summed E-state index contributed by atoms with van der Waals surface area (Å²) in [7, 11) is -3.21. The number of nitrogens with zero attached hydrogens (tertiary/aromatic N) is 3. The highest BCUT2D eigenvalue weighted by Crippen LogP contribution is 2.25. The fourth-order valence-corrected chi connectivity index (χ4v) is 4.71. The highest BCUT2D eigenvalue weighted by molar-refractivity contribution is 7.88. The van der Waals surface area contributed by atoms with Crippen molar-refractivity contribution in [2.45, 2.75) is 24.5 Å². The second-order valence-corrected chi connectivity index (χ2v) is 9.80. The molecule has 156 valence electrons. The molecule has 2 aliphatic heterocycles. The summed E-state index contributed by atoms with van der Waals surface area (Å²) in [5, 5.41) is 21.3. The number of aliphatic hydroxyl groups is 2. The van der Waals surface area contributed by atoms with E-state index >= 15 is 0 Å². The van der Waals surface area contributed by atoms with Gasteiger partial charge in [-0.3, -0.25) is 9.69 Å². The summed E-state index contributed by atoms with van der Waals surface area (Å²) in [5.41, 5.74) is -0.315. The number of amides is 1. The zero-order chi connectivity index (χ0) is 20.4. The third-order valence-electron chi connectivity index (χ3n) is 5.60. The van der Waals surface area contributed by atoms with Crippen molar-refractivity contribution in [2.75, 3.05) is 52.1 Å². The van der Waals surface area contributed by atoms with Crippen LogP contribution in [0.3, 0.4) is 0 Å². The maximum Gasteiger partial charge on any atom is 0.223 e. The second kappa shape index (κ2) is 8.46. The van der Waals surface area contributed by atoms with Gasteiger partial charge in [0, 0.05) is 45.7 Å². The molecule has 3 rings (SSSR count). The molecule has 2 aliphatic rings. The van der Waals surface area contributed by atoms with Crippen molar-refractivity contribution in [3.05, 3.63) is 35.9 Å². The van der Waals surface area contributed by atoms with Gasteiger partial charge < -0.3 is 15.1 Å². The van der Waals surface area contributed by atoms with Gasteiger partial charge in [-0.25, -0.2) is 8.42 Å². The zero-order valence-corrected chi connectivity index (χ0v) is 17.0. The predicted molar refractivity (Wildman–Crippen MR) is 105 cm³/mol. The van der Waals surface area contributed by atoms with Crippen molar-refractivity contribution in [1.82, 2.24) is 14.1 Å². The van der Waals surface area contributed by atoms with Crippen LogP contribution in [0.2, 0.25) is 0 Å². The quantitative estimate of drug-likeness (QED) is 0.631. The lowest BCUT2D eigenvalue weighted by Gasteiger charge is -2.38. The third-order valence-corrected chi connectivity index (χ3v) is 6.90. The first-order valence-corrected chi connectivity index (χ1v) is 11.4. The number of rotatable bonds is 6. The summed E-state index contributed by atoms with van der Waals surface area (Å²) >= 11 is 0. The molecule has 0 spiro atoms. The molecule has 0 bridgehead atoms. The molecule has 2 fully saturated rings. The molecule has 1 amide bonds. The molecule has 9 heteroatoms. The molecule has 8 nitrogen and oxygen atoms in total. The highest BCUT2D eigenvalue weighted by atomic mass is 32.2. The van der Waals surface area contributed by atoms with E-state index in [0.717, 1.165) is 5.56 Å². The number of hydrogen-bond acceptors (Lipinski definition) is 6. The van der Waals surface area contributed by atoms with E-state index in [1.54, 1.807) is 0 Å². The van der Waals surface area contributed by atoms with Crippen molar-refractivity contribution in [1.29, 1.82) is 0 Å². The van der Waals surface area contributed by atoms with Gasteiger partial charge in [0.05, 0.1) is 12.8 Å². The SMILES string of the molecule is CS(=O)(=O)N1CCN(C[C@]2(O)CN(C(=O)CCc3ccccc3)C[C@H]2O)CC1. The smallest absolute Gasteiger partial charge is 0.223 e. The average Bonchev–Trinajstić information content (AvgIpc) is 2.95. The Morgan fingerprint density at radius 3 is 2.43 bits per heavy atom. The van der Waals surface area contributed by atoms with Crippen molar-refractivity contribution < 1.29 is 23.4 Å². The minimum Gasteiger partial charge on any atom is -0.388 e. The van der Waals surface area contributed by atoms with Crippen molar-refractivity contribution in [3.8, 4) is 0 Å². The van der Waals surface area contributed by atoms with Crippen LogP contribution in [0.25, 0.3) is 0 Å². The van der Waals surface area contributed by atoms with Gasteiger partial charge in [-0.15, -0.1) is 0 Å². The van der Waals surface area contributed by atoms with Gasteiger partial charge >= 0.3 is 0 Å². The van der Waals surface area contributed by atoms with Gasteiger partial charge in [0.25, 0.3) is 0 Å². The van der Waals surface area contributed by atoms with E-state index in [1.165, 1.54) is 15.5 Å². The lowest BCUT2D eigenvalue weighted by molar-refractivity contribution is -0.131. The van der Waals surface area contributed by atoms with Gasteiger partial charge in [0.15, 0.2) is 0 Å². The average molecular weight is 412 g/mol. The minimum atomic E-state index is -3.21. The Morgan fingerprint density at radius 2 is 1.82 bits per heavy atom. The Kier molecular flexibility index (Phi) is 6.41. The summed E-state index contributed by atoms with van der Waals surface area (Å²) in [6, 6.07) is 9.73. The minimum absolute atomic E-state index is 0.0827. The van der Waals surface area contributed by atoms with Crippen LogP contribution in [0, 0.1) is 0 Å². The summed E-state index contributed by atoms with van der Waals surface area (Å²) in [4.78, 5) is 16.0. The van der Waals surface area contributed by atoms with Gasteiger partial charge in [-0.1, -0.05) is 30.3 Å². The number of aliphatic hydroxyl groups excluding tert-OH is 1. The van der Waals surface area contributed by atoms with Gasteiger partial charge in [0.2, 0.25) is 15.9 Å².